The SMILES string of the molecule is CCCc1sc(C(=O)N2CCC(C)(C(=O)O)C2)cc1CC. The zero-order valence-electron chi connectivity index (χ0n) is 12.9. The van der Waals surface area contributed by atoms with E-state index in [1.54, 1.807) is 23.2 Å². The Labute approximate surface area is 129 Å². The molecule has 1 aliphatic heterocycles. The Morgan fingerprint density at radius 3 is 2.67 bits per heavy atom. The summed E-state index contributed by atoms with van der Waals surface area (Å²) in [5, 5.41) is 9.26. The van der Waals surface area contributed by atoms with E-state index in [0.29, 0.717) is 19.5 Å². The monoisotopic (exact) mass is 309 g/mol. The van der Waals surface area contributed by atoms with Gasteiger partial charge < -0.3 is 10.0 Å². The molecule has 0 aliphatic carbocycles. The van der Waals surface area contributed by atoms with Gasteiger partial charge in [0.1, 0.15) is 0 Å². The summed E-state index contributed by atoms with van der Waals surface area (Å²) in [6, 6.07) is 1.99. The van der Waals surface area contributed by atoms with Crippen molar-refractivity contribution in [1.29, 1.82) is 0 Å². The molecule has 1 aliphatic rings. The van der Waals surface area contributed by atoms with Gasteiger partial charge in [0.05, 0.1) is 10.3 Å². The molecule has 1 N–H and O–H groups in total. The summed E-state index contributed by atoms with van der Waals surface area (Å²) >= 11 is 1.57. The van der Waals surface area contributed by atoms with Crippen LogP contribution in [0.4, 0.5) is 0 Å². The number of aliphatic carboxylic acids is 1. The van der Waals surface area contributed by atoms with Crippen molar-refractivity contribution < 1.29 is 14.7 Å². The van der Waals surface area contributed by atoms with E-state index in [9.17, 15) is 14.7 Å². The van der Waals surface area contributed by atoms with Gasteiger partial charge in [0, 0.05) is 18.0 Å². The topological polar surface area (TPSA) is 57.6 Å². The molecule has 1 aromatic heterocycles. The third kappa shape index (κ3) is 3.12. The third-order valence-electron chi connectivity index (χ3n) is 4.24. The molecule has 4 nitrogen and oxygen atoms in total. The molecule has 1 fully saturated rings. The molecule has 2 heterocycles. The van der Waals surface area contributed by atoms with Crippen molar-refractivity contribution in [2.45, 2.75) is 46.5 Å². The summed E-state index contributed by atoms with van der Waals surface area (Å²) in [5.41, 5.74) is 0.456. The van der Waals surface area contributed by atoms with Gasteiger partial charge in [-0.1, -0.05) is 20.3 Å². The fourth-order valence-electron chi connectivity index (χ4n) is 2.77. The van der Waals surface area contributed by atoms with Gasteiger partial charge in [-0.25, -0.2) is 0 Å². The van der Waals surface area contributed by atoms with Crippen molar-refractivity contribution in [3.05, 3.63) is 21.4 Å². The summed E-state index contributed by atoms with van der Waals surface area (Å²) in [5.74, 6) is -0.827. The molecular weight excluding hydrogens is 286 g/mol. The van der Waals surface area contributed by atoms with Crippen molar-refractivity contribution in [1.82, 2.24) is 4.90 Å². The van der Waals surface area contributed by atoms with Crippen LogP contribution < -0.4 is 0 Å². The Hall–Kier alpha value is -1.36. The van der Waals surface area contributed by atoms with Crippen molar-refractivity contribution in [2.75, 3.05) is 13.1 Å². The van der Waals surface area contributed by atoms with Crippen LogP contribution in [-0.4, -0.2) is 35.0 Å². The number of likely N-dealkylation sites (tertiary alicyclic amines) is 1. The molecule has 5 heteroatoms. The van der Waals surface area contributed by atoms with Gasteiger partial charge in [-0.2, -0.15) is 0 Å². The smallest absolute Gasteiger partial charge is 0.311 e. The van der Waals surface area contributed by atoms with Crippen LogP contribution in [0.3, 0.4) is 0 Å². The Morgan fingerprint density at radius 1 is 1.43 bits per heavy atom. The molecule has 2 rings (SSSR count). The predicted molar refractivity (Wildman–Crippen MR) is 84.0 cm³/mol. The first-order valence-corrected chi connectivity index (χ1v) is 8.37. The van der Waals surface area contributed by atoms with E-state index in [2.05, 4.69) is 13.8 Å². The lowest BCUT2D eigenvalue weighted by molar-refractivity contribution is -0.147. The molecule has 1 atom stereocenters. The lowest BCUT2D eigenvalue weighted by Crippen LogP contribution is -2.34. The highest BCUT2D eigenvalue weighted by molar-refractivity contribution is 7.14. The normalized spacial score (nSPS) is 21.8. The standard InChI is InChI=1S/C16H23NO3S/c1-4-6-12-11(5-2)9-13(21-12)14(18)17-8-7-16(3,10-17)15(19)20/h9H,4-8,10H2,1-3H3,(H,19,20). The molecule has 21 heavy (non-hydrogen) atoms. The quantitative estimate of drug-likeness (QED) is 0.908. The number of amides is 1. The minimum absolute atomic E-state index is 0.0120. The zero-order valence-corrected chi connectivity index (χ0v) is 13.8. The summed E-state index contributed by atoms with van der Waals surface area (Å²) in [6.07, 6.45) is 3.55. The average Bonchev–Trinajstić information content (AvgIpc) is 3.03. The number of carboxylic acid groups (broad SMARTS) is 1. The number of nitrogens with zero attached hydrogens (tertiary/aromatic N) is 1. The number of hydrogen-bond acceptors (Lipinski definition) is 3. The van der Waals surface area contributed by atoms with Gasteiger partial charge in [-0.05, 0) is 37.8 Å². The van der Waals surface area contributed by atoms with Gasteiger partial charge >= 0.3 is 5.97 Å². The Morgan fingerprint density at radius 2 is 2.14 bits per heavy atom. The maximum Gasteiger partial charge on any atom is 0.311 e. The minimum Gasteiger partial charge on any atom is -0.481 e. The fraction of sp³-hybridized carbons (Fsp3) is 0.625. The van der Waals surface area contributed by atoms with Crippen LogP contribution in [0.2, 0.25) is 0 Å². The molecular formula is C16H23NO3S. The number of aryl methyl sites for hydroxylation is 2. The summed E-state index contributed by atoms with van der Waals surface area (Å²) in [6.45, 7) is 6.80. The van der Waals surface area contributed by atoms with Crippen LogP contribution in [0.5, 0.6) is 0 Å². The summed E-state index contributed by atoms with van der Waals surface area (Å²) in [4.78, 5) is 27.6. The first-order valence-electron chi connectivity index (χ1n) is 7.55. The second kappa shape index (κ2) is 6.18. The molecule has 1 aromatic rings. The minimum atomic E-state index is -0.815. The van der Waals surface area contributed by atoms with Crippen molar-refractivity contribution in [3.8, 4) is 0 Å². The van der Waals surface area contributed by atoms with Crippen molar-refractivity contribution >= 4 is 23.2 Å². The number of carboxylic acids is 1. The van der Waals surface area contributed by atoms with Gasteiger partial charge in [-0.15, -0.1) is 11.3 Å². The van der Waals surface area contributed by atoms with Crippen LogP contribution >= 0.6 is 11.3 Å². The van der Waals surface area contributed by atoms with Gasteiger partial charge in [0.15, 0.2) is 0 Å². The molecule has 0 saturated carbocycles. The molecule has 0 spiro atoms. The average molecular weight is 309 g/mol. The molecule has 1 unspecified atom stereocenters. The number of rotatable bonds is 5. The molecule has 1 amide bonds. The first-order chi connectivity index (χ1) is 9.91. The van der Waals surface area contributed by atoms with E-state index in [-0.39, 0.29) is 5.91 Å². The second-order valence-corrected chi connectivity index (χ2v) is 7.14. The van der Waals surface area contributed by atoms with E-state index in [1.807, 2.05) is 6.07 Å². The summed E-state index contributed by atoms with van der Waals surface area (Å²) < 4.78 is 0. The highest BCUT2D eigenvalue weighted by Crippen LogP contribution is 2.33. The van der Waals surface area contributed by atoms with Crippen molar-refractivity contribution in [2.24, 2.45) is 5.41 Å². The van der Waals surface area contributed by atoms with E-state index in [4.69, 9.17) is 0 Å². The van der Waals surface area contributed by atoms with Gasteiger partial charge in [-0.3, -0.25) is 9.59 Å². The molecule has 1 saturated heterocycles. The van der Waals surface area contributed by atoms with E-state index >= 15 is 0 Å². The third-order valence-corrected chi connectivity index (χ3v) is 5.47. The summed E-state index contributed by atoms with van der Waals surface area (Å²) in [7, 11) is 0. The van der Waals surface area contributed by atoms with E-state index < -0.39 is 11.4 Å². The molecule has 0 bridgehead atoms. The number of hydrogen-bond donors (Lipinski definition) is 1. The zero-order chi connectivity index (χ0) is 15.6. The van der Waals surface area contributed by atoms with Crippen LogP contribution in [0, 0.1) is 5.41 Å². The Bertz CT molecular complexity index is 552. The van der Waals surface area contributed by atoms with Gasteiger partial charge in [0.25, 0.3) is 5.91 Å². The maximum absolute atomic E-state index is 12.6. The molecule has 0 radical (unpaired) electrons. The van der Waals surface area contributed by atoms with Crippen LogP contribution in [0.15, 0.2) is 6.07 Å². The van der Waals surface area contributed by atoms with E-state index in [1.165, 1.54) is 10.4 Å². The lowest BCUT2D eigenvalue weighted by Gasteiger charge is -2.19. The highest BCUT2D eigenvalue weighted by Gasteiger charge is 2.42. The first kappa shape index (κ1) is 16.0. The highest BCUT2D eigenvalue weighted by atomic mass is 32.1. The predicted octanol–water partition coefficient (Wildman–Crippen LogP) is 3.20. The maximum atomic E-state index is 12.6. The largest absolute Gasteiger partial charge is 0.481 e. The number of thiophene rings is 1. The molecule has 116 valence electrons. The lowest BCUT2D eigenvalue weighted by atomic mass is 9.90. The molecule has 0 aromatic carbocycles. The van der Waals surface area contributed by atoms with Crippen LogP contribution in [0.1, 0.15) is 53.7 Å². The number of carbonyl (C=O) groups is 2. The number of carbonyl (C=O) groups excluding carboxylic acids is 1. The van der Waals surface area contributed by atoms with Gasteiger partial charge in [0.2, 0.25) is 0 Å². The second-order valence-electron chi connectivity index (χ2n) is 6.01. The van der Waals surface area contributed by atoms with Crippen LogP contribution in [-0.2, 0) is 17.6 Å². The Balaban J connectivity index is 2.16. The van der Waals surface area contributed by atoms with Crippen molar-refractivity contribution in [3.63, 3.8) is 0 Å². The fourth-order valence-corrected chi connectivity index (χ4v) is 4.10. The van der Waals surface area contributed by atoms with Crippen LogP contribution in [0.25, 0.3) is 0 Å². The van der Waals surface area contributed by atoms with E-state index in [0.717, 1.165) is 24.1 Å². The Kier molecular flexibility index (Phi) is 4.71.